The summed E-state index contributed by atoms with van der Waals surface area (Å²) in [7, 11) is 0. The predicted octanol–water partition coefficient (Wildman–Crippen LogP) is -0.718. The van der Waals surface area contributed by atoms with E-state index in [0.29, 0.717) is 16.9 Å². The van der Waals surface area contributed by atoms with E-state index in [2.05, 4.69) is 20.0 Å². The lowest BCUT2D eigenvalue weighted by atomic mass is 9.98. The summed E-state index contributed by atoms with van der Waals surface area (Å²) in [4.78, 5) is 11.1. The van der Waals surface area contributed by atoms with Crippen molar-refractivity contribution in [2.24, 2.45) is 11.0 Å². The van der Waals surface area contributed by atoms with Crippen molar-refractivity contribution in [2.75, 3.05) is 12.3 Å². The van der Waals surface area contributed by atoms with Gasteiger partial charge in [0.15, 0.2) is 17.0 Å². The first-order valence-corrected chi connectivity index (χ1v) is 6.60. The van der Waals surface area contributed by atoms with Gasteiger partial charge in [0, 0.05) is 6.20 Å². The van der Waals surface area contributed by atoms with Crippen molar-refractivity contribution in [1.29, 1.82) is 10.8 Å². The van der Waals surface area contributed by atoms with Crippen LogP contribution in [0.15, 0.2) is 23.7 Å². The number of imidazole rings is 1. The Hall–Kier alpha value is -2.90. The lowest BCUT2D eigenvalue weighted by Crippen LogP contribution is -2.43. The van der Waals surface area contributed by atoms with Gasteiger partial charge in [-0.2, -0.15) is 5.26 Å². The van der Waals surface area contributed by atoms with Gasteiger partial charge in [-0.05, 0) is 6.07 Å². The maximum absolute atomic E-state index is 10.3. The zero-order valence-electron chi connectivity index (χ0n) is 11.7. The van der Waals surface area contributed by atoms with E-state index in [4.69, 9.17) is 16.0 Å². The van der Waals surface area contributed by atoms with Gasteiger partial charge in [0.1, 0.15) is 29.7 Å². The van der Waals surface area contributed by atoms with Crippen LogP contribution in [0.1, 0.15) is 6.23 Å². The number of aromatic nitrogens is 3. The van der Waals surface area contributed by atoms with E-state index < -0.39 is 30.6 Å². The molecular formula is C12H13N8O3+. The maximum atomic E-state index is 10.3. The smallest absolute Gasteiger partial charge is 0.294 e. The number of nitrogens with two attached hydrogens (primary N) is 1. The molecular weight excluding hydrogens is 304 g/mol. The largest absolute Gasteiger partial charge is 0.397 e. The number of anilines is 1. The molecule has 0 aromatic carbocycles. The summed E-state index contributed by atoms with van der Waals surface area (Å²) in [5.74, 6) is -1.08. The van der Waals surface area contributed by atoms with Gasteiger partial charge in [0.05, 0.1) is 18.1 Å². The van der Waals surface area contributed by atoms with Crippen LogP contribution in [0.2, 0.25) is 0 Å². The van der Waals surface area contributed by atoms with Crippen molar-refractivity contribution in [3.63, 3.8) is 0 Å². The molecule has 3 rings (SSSR count). The normalized spacial score (nSPS) is 30.0. The van der Waals surface area contributed by atoms with E-state index in [1.54, 1.807) is 6.07 Å². The number of pyridine rings is 1. The SMILES string of the molecule is N#C[C@@H]1[C@H](n2cnc3c(N)ccnc32)O[C@@](CO)(N=[N+]=N)[C@H]1O. The molecule has 4 atom stereocenters. The fourth-order valence-corrected chi connectivity index (χ4v) is 2.62. The standard InChI is InChI=1S/C12H13N8O3/c13-3-6-9(22)12(4-21,18-19-15)23-11(6)20-5-17-8-7(14)1-2-16-10(8)20/h1-2,5-6,9,11,15,21-22H,4H2,(H2,14,16)/q+1/t6-,9-,11+,12+/m0/s1. The topological polar surface area (TPSA) is 181 Å². The number of ether oxygens (including phenoxy) is 1. The quantitative estimate of drug-likeness (QED) is 0.425. The molecule has 0 aliphatic carbocycles. The summed E-state index contributed by atoms with van der Waals surface area (Å²) >= 11 is 0. The van der Waals surface area contributed by atoms with Crippen LogP contribution in [0.3, 0.4) is 0 Å². The van der Waals surface area contributed by atoms with Crippen LogP contribution >= 0.6 is 0 Å². The Morgan fingerprint density at radius 1 is 1.61 bits per heavy atom. The van der Waals surface area contributed by atoms with Gasteiger partial charge in [-0.15, -0.1) is 0 Å². The van der Waals surface area contributed by atoms with Gasteiger partial charge in [-0.25, -0.2) is 9.97 Å². The first-order chi connectivity index (χ1) is 11.1. The third-order valence-corrected chi connectivity index (χ3v) is 3.80. The highest BCUT2D eigenvalue weighted by molar-refractivity contribution is 5.83. The van der Waals surface area contributed by atoms with E-state index in [0.717, 1.165) is 0 Å². The number of aliphatic hydroxyl groups excluding tert-OH is 2. The predicted molar refractivity (Wildman–Crippen MR) is 74.3 cm³/mol. The van der Waals surface area contributed by atoms with E-state index in [1.807, 2.05) is 6.07 Å². The molecule has 0 radical (unpaired) electrons. The highest BCUT2D eigenvalue weighted by Crippen LogP contribution is 2.42. The first-order valence-electron chi connectivity index (χ1n) is 6.60. The number of hydrogen-bond acceptors (Lipinski definition) is 9. The highest BCUT2D eigenvalue weighted by atomic mass is 16.6. The number of hydrogen-bond donors (Lipinski definition) is 4. The molecule has 2 aromatic heterocycles. The minimum absolute atomic E-state index is 0.360. The average Bonchev–Trinajstić information content (AvgIpc) is 3.09. The maximum Gasteiger partial charge on any atom is 0.294 e. The summed E-state index contributed by atoms with van der Waals surface area (Å²) in [5.41, 5.74) is 12.0. The molecule has 0 amide bonds. The van der Waals surface area contributed by atoms with Gasteiger partial charge in [-0.3, -0.25) is 4.57 Å². The number of nitriles is 1. The van der Waals surface area contributed by atoms with Crippen LogP contribution in [0, 0.1) is 22.8 Å². The van der Waals surface area contributed by atoms with Gasteiger partial charge >= 0.3 is 0 Å². The molecule has 0 spiro atoms. The molecule has 1 fully saturated rings. The molecule has 5 N–H and O–H groups in total. The van der Waals surface area contributed by atoms with Gasteiger partial charge in [-0.1, -0.05) is 0 Å². The monoisotopic (exact) mass is 317 g/mol. The molecule has 2 aromatic rings. The van der Waals surface area contributed by atoms with Crippen LogP contribution in [0.25, 0.3) is 11.2 Å². The summed E-state index contributed by atoms with van der Waals surface area (Å²) in [6, 6.07) is 3.50. The van der Waals surface area contributed by atoms with Gasteiger partial charge in [0.25, 0.3) is 5.72 Å². The third-order valence-electron chi connectivity index (χ3n) is 3.80. The summed E-state index contributed by atoms with van der Waals surface area (Å²) < 4.78 is 7.02. The second-order valence-corrected chi connectivity index (χ2v) is 5.04. The summed E-state index contributed by atoms with van der Waals surface area (Å²) in [6.45, 7) is -0.743. The number of fused-ring (bicyclic) bond motifs is 1. The fourth-order valence-electron chi connectivity index (χ4n) is 2.62. The molecule has 0 unspecified atom stereocenters. The third kappa shape index (κ3) is 2.06. The van der Waals surface area contributed by atoms with Crippen molar-refractivity contribution in [1.82, 2.24) is 19.4 Å². The minimum atomic E-state index is -1.89. The average molecular weight is 317 g/mol. The Kier molecular flexibility index (Phi) is 3.51. The Morgan fingerprint density at radius 3 is 3.04 bits per heavy atom. The van der Waals surface area contributed by atoms with Crippen LogP contribution in [-0.2, 0) is 4.74 Å². The van der Waals surface area contributed by atoms with E-state index >= 15 is 0 Å². The molecule has 3 heterocycles. The highest BCUT2D eigenvalue weighted by Gasteiger charge is 2.60. The van der Waals surface area contributed by atoms with E-state index in [9.17, 15) is 15.5 Å². The molecule has 1 aliphatic heterocycles. The molecule has 11 nitrogen and oxygen atoms in total. The molecule has 118 valence electrons. The second kappa shape index (κ2) is 5.38. The summed E-state index contributed by atoms with van der Waals surface area (Å²) in [6.07, 6.45) is 0.356. The Bertz CT molecular complexity index is 838. The summed E-state index contributed by atoms with van der Waals surface area (Å²) in [5, 5.41) is 32.6. The number of nitrogen functional groups attached to an aromatic ring is 1. The zero-order valence-corrected chi connectivity index (χ0v) is 11.7. The Labute approximate surface area is 129 Å². The molecule has 0 saturated carbocycles. The fraction of sp³-hybridized carbons (Fsp3) is 0.417. The molecule has 1 aliphatic rings. The lowest BCUT2D eigenvalue weighted by molar-refractivity contribution is -0.126. The van der Waals surface area contributed by atoms with E-state index in [-0.39, 0.29) is 0 Å². The van der Waals surface area contributed by atoms with Crippen LogP contribution in [0.4, 0.5) is 5.69 Å². The van der Waals surface area contributed by atoms with Crippen LogP contribution in [0.5, 0.6) is 0 Å². The van der Waals surface area contributed by atoms with Crippen molar-refractivity contribution < 1.29 is 14.9 Å². The Balaban J connectivity index is 2.13. The number of aliphatic hydroxyl groups is 2. The number of rotatable bonds is 3. The van der Waals surface area contributed by atoms with Crippen molar-refractivity contribution >= 4 is 16.9 Å². The Morgan fingerprint density at radius 2 is 2.39 bits per heavy atom. The number of nitrogens with one attached hydrogen (secondary N) is 1. The number of nitrogens with zero attached hydrogens (tertiary/aromatic N) is 6. The molecule has 23 heavy (non-hydrogen) atoms. The minimum Gasteiger partial charge on any atom is -0.397 e. The molecule has 1 saturated heterocycles. The first kappa shape index (κ1) is 15.0. The van der Waals surface area contributed by atoms with Crippen LogP contribution in [-0.4, -0.2) is 43.2 Å². The van der Waals surface area contributed by atoms with Crippen LogP contribution < -0.4 is 10.6 Å². The van der Waals surface area contributed by atoms with Gasteiger partial charge < -0.3 is 20.7 Å². The van der Waals surface area contributed by atoms with Crippen molar-refractivity contribution in [3.8, 4) is 6.07 Å². The van der Waals surface area contributed by atoms with E-state index in [1.165, 1.54) is 17.1 Å². The van der Waals surface area contributed by atoms with Crippen molar-refractivity contribution in [3.05, 3.63) is 18.6 Å². The second-order valence-electron chi connectivity index (χ2n) is 5.04. The molecule has 11 heteroatoms. The lowest BCUT2D eigenvalue weighted by Gasteiger charge is -2.18. The zero-order chi connectivity index (χ0) is 16.6. The van der Waals surface area contributed by atoms with Gasteiger partial charge in [0.2, 0.25) is 4.91 Å². The van der Waals surface area contributed by atoms with Crippen molar-refractivity contribution in [2.45, 2.75) is 18.1 Å². The molecule has 0 bridgehead atoms.